The van der Waals surface area contributed by atoms with Crippen LogP contribution >= 0.6 is 0 Å². The Hall–Kier alpha value is -2.86. The molecule has 6 heteroatoms. The van der Waals surface area contributed by atoms with E-state index in [1.165, 1.54) is 4.90 Å². The van der Waals surface area contributed by atoms with Crippen LogP contribution in [0.2, 0.25) is 0 Å². The number of anilines is 1. The third kappa shape index (κ3) is 6.88. The number of amides is 1. The van der Waals surface area contributed by atoms with Crippen molar-refractivity contribution in [2.24, 2.45) is 0 Å². The summed E-state index contributed by atoms with van der Waals surface area (Å²) in [6.07, 6.45) is 0.701. The predicted molar refractivity (Wildman–Crippen MR) is 118 cm³/mol. The van der Waals surface area contributed by atoms with Gasteiger partial charge >= 0.3 is 6.09 Å². The van der Waals surface area contributed by atoms with E-state index >= 15 is 0 Å². The number of carbonyl (C=O) groups is 2. The molecule has 2 rings (SSSR count). The van der Waals surface area contributed by atoms with Crippen molar-refractivity contribution in [2.45, 2.75) is 52.2 Å². The van der Waals surface area contributed by atoms with Crippen LogP contribution in [0.5, 0.6) is 5.75 Å². The summed E-state index contributed by atoms with van der Waals surface area (Å²) < 4.78 is 11.2. The summed E-state index contributed by atoms with van der Waals surface area (Å²) in [5.41, 5.74) is 2.22. The Morgan fingerprint density at radius 2 is 1.67 bits per heavy atom. The number of benzene rings is 2. The molecule has 0 aliphatic rings. The van der Waals surface area contributed by atoms with E-state index in [9.17, 15) is 14.7 Å². The van der Waals surface area contributed by atoms with Gasteiger partial charge in [-0.1, -0.05) is 24.3 Å². The fourth-order valence-electron chi connectivity index (χ4n) is 3.20. The highest BCUT2D eigenvalue weighted by atomic mass is 16.5. The van der Waals surface area contributed by atoms with Gasteiger partial charge in [0.1, 0.15) is 18.1 Å². The molecule has 2 aromatic rings. The Bertz CT molecular complexity index is 809. The maximum Gasteiger partial charge on any atom is 0.412 e. The van der Waals surface area contributed by atoms with Crippen LogP contribution in [0.1, 0.15) is 38.8 Å². The Labute approximate surface area is 178 Å². The summed E-state index contributed by atoms with van der Waals surface area (Å²) in [4.78, 5) is 23.9. The van der Waals surface area contributed by atoms with Crippen LogP contribution in [-0.4, -0.2) is 42.3 Å². The maximum absolute atomic E-state index is 11.6. The molecular weight excluding hydrogens is 382 g/mol. The minimum atomic E-state index is -0.970. The molecule has 0 heterocycles. The molecule has 1 atom stereocenters. The average molecular weight is 414 g/mol. The molecule has 0 fully saturated rings. The molecule has 1 unspecified atom stereocenters. The zero-order chi connectivity index (χ0) is 22.1. The first-order valence-corrected chi connectivity index (χ1v) is 10.1. The molecule has 0 saturated heterocycles. The number of ether oxygens (including phenoxy) is 2. The summed E-state index contributed by atoms with van der Waals surface area (Å²) in [6, 6.07) is 15.2. The second-order valence-electron chi connectivity index (χ2n) is 8.03. The van der Waals surface area contributed by atoms with Crippen LogP contribution in [0.25, 0.3) is 0 Å². The molecule has 0 aliphatic heterocycles. The third-order valence-electron chi connectivity index (χ3n) is 4.61. The van der Waals surface area contributed by atoms with Crippen molar-refractivity contribution in [3.63, 3.8) is 0 Å². The average Bonchev–Trinajstić information content (AvgIpc) is 2.69. The number of aldehydes is 1. The fourth-order valence-corrected chi connectivity index (χ4v) is 3.20. The monoisotopic (exact) mass is 413 g/mol. The summed E-state index contributed by atoms with van der Waals surface area (Å²) in [5.74, 6) is 0.763. The molecule has 0 bridgehead atoms. The second kappa shape index (κ2) is 10.8. The molecule has 0 aromatic heterocycles. The lowest BCUT2D eigenvalue weighted by Gasteiger charge is -2.33. The second-order valence-corrected chi connectivity index (χ2v) is 8.03. The van der Waals surface area contributed by atoms with E-state index in [1.807, 2.05) is 76.2 Å². The van der Waals surface area contributed by atoms with Gasteiger partial charge in [-0.05, 0) is 63.1 Å². The Morgan fingerprint density at radius 3 is 2.17 bits per heavy atom. The molecule has 0 aliphatic carbocycles. The molecule has 1 N–H and O–H groups in total. The van der Waals surface area contributed by atoms with Crippen molar-refractivity contribution in [2.75, 3.05) is 18.1 Å². The predicted octanol–water partition coefficient (Wildman–Crippen LogP) is 4.74. The van der Waals surface area contributed by atoms with Gasteiger partial charge in [0.25, 0.3) is 0 Å². The van der Waals surface area contributed by atoms with Crippen molar-refractivity contribution in [1.29, 1.82) is 0 Å². The molecular formula is C24H31NO5. The van der Waals surface area contributed by atoms with Gasteiger partial charge < -0.3 is 19.4 Å². The van der Waals surface area contributed by atoms with Gasteiger partial charge in [-0.3, -0.25) is 4.90 Å². The van der Waals surface area contributed by atoms with Gasteiger partial charge in [0.15, 0.2) is 0 Å². The van der Waals surface area contributed by atoms with E-state index < -0.39 is 17.7 Å². The largest absolute Gasteiger partial charge is 0.493 e. The lowest BCUT2D eigenvalue weighted by molar-refractivity contribution is -0.117. The Balaban J connectivity index is 1.88. The van der Waals surface area contributed by atoms with Gasteiger partial charge in [-0.25, -0.2) is 4.79 Å². The number of rotatable bonds is 10. The Kier molecular flexibility index (Phi) is 8.42. The first-order chi connectivity index (χ1) is 14.2. The van der Waals surface area contributed by atoms with E-state index in [1.54, 1.807) is 0 Å². The van der Waals surface area contributed by atoms with Crippen LogP contribution in [0.3, 0.4) is 0 Å². The zero-order valence-electron chi connectivity index (χ0n) is 18.1. The van der Waals surface area contributed by atoms with Crippen LogP contribution in [0.4, 0.5) is 10.5 Å². The van der Waals surface area contributed by atoms with Crippen LogP contribution in [-0.2, 0) is 22.4 Å². The first kappa shape index (κ1) is 23.4. The smallest absolute Gasteiger partial charge is 0.412 e. The zero-order valence-corrected chi connectivity index (χ0v) is 18.1. The van der Waals surface area contributed by atoms with Crippen molar-refractivity contribution in [3.8, 4) is 5.75 Å². The maximum atomic E-state index is 11.6. The van der Waals surface area contributed by atoms with Gasteiger partial charge in [0.05, 0.1) is 6.61 Å². The molecule has 0 radical (unpaired) electrons. The highest BCUT2D eigenvalue weighted by molar-refractivity contribution is 5.87. The number of hydrogen-bond acceptors (Lipinski definition) is 4. The van der Waals surface area contributed by atoms with Gasteiger partial charge in [-0.2, -0.15) is 0 Å². The van der Waals surface area contributed by atoms with E-state index in [2.05, 4.69) is 0 Å². The van der Waals surface area contributed by atoms with Gasteiger partial charge in [0.2, 0.25) is 0 Å². The number of nitrogens with zero attached hydrogens (tertiary/aromatic N) is 1. The highest BCUT2D eigenvalue weighted by Gasteiger charge is 2.27. The van der Waals surface area contributed by atoms with Crippen LogP contribution < -0.4 is 9.64 Å². The summed E-state index contributed by atoms with van der Waals surface area (Å²) >= 11 is 0. The molecule has 30 heavy (non-hydrogen) atoms. The SMILES string of the molecule is CCOC(C=O)Cc1ccc(OCCc2ccc(N(C(=O)O)C(C)(C)C)cc2)cc1. The number of carboxylic acid groups (broad SMARTS) is 1. The van der Waals surface area contributed by atoms with Crippen molar-refractivity contribution < 1.29 is 24.2 Å². The van der Waals surface area contributed by atoms with E-state index in [0.29, 0.717) is 31.7 Å². The molecule has 2 aromatic carbocycles. The molecule has 0 saturated carbocycles. The van der Waals surface area contributed by atoms with Crippen molar-refractivity contribution >= 4 is 18.1 Å². The van der Waals surface area contributed by atoms with Gasteiger partial charge in [-0.15, -0.1) is 0 Å². The summed E-state index contributed by atoms with van der Waals surface area (Å²) in [7, 11) is 0. The van der Waals surface area contributed by atoms with E-state index in [0.717, 1.165) is 23.2 Å². The minimum Gasteiger partial charge on any atom is -0.493 e. The highest BCUT2D eigenvalue weighted by Crippen LogP contribution is 2.24. The summed E-state index contributed by atoms with van der Waals surface area (Å²) in [5, 5.41) is 9.49. The molecule has 0 spiro atoms. The molecule has 162 valence electrons. The fraction of sp³-hybridized carbons (Fsp3) is 0.417. The minimum absolute atomic E-state index is 0.417. The quantitative estimate of drug-likeness (QED) is 0.570. The first-order valence-electron chi connectivity index (χ1n) is 10.1. The van der Waals surface area contributed by atoms with Gasteiger partial charge in [0, 0.05) is 30.7 Å². The van der Waals surface area contributed by atoms with Crippen LogP contribution in [0.15, 0.2) is 48.5 Å². The molecule has 1 amide bonds. The molecule has 6 nitrogen and oxygen atoms in total. The number of carbonyl (C=O) groups excluding carboxylic acids is 1. The lowest BCUT2D eigenvalue weighted by atomic mass is 10.0. The van der Waals surface area contributed by atoms with Crippen molar-refractivity contribution in [3.05, 3.63) is 59.7 Å². The van der Waals surface area contributed by atoms with E-state index in [-0.39, 0.29) is 0 Å². The lowest BCUT2D eigenvalue weighted by Crippen LogP contribution is -2.45. The summed E-state index contributed by atoms with van der Waals surface area (Å²) in [6.45, 7) is 8.48. The van der Waals surface area contributed by atoms with E-state index in [4.69, 9.17) is 9.47 Å². The third-order valence-corrected chi connectivity index (χ3v) is 4.61. The normalized spacial score (nSPS) is 12.3. The topological polar surface area (TPSA) is 76.1 Å². The number of hydrogen-bond donors (Lipinski definition) is 1. The van der Waals surface area contributed by atoms with Crippen molar-refractivity contribution in [1.82, 2.24) is 0 Å². The Morgan fingerprint density at radius 1 is 1.07 bits per heavy atom. The van der Waals surface area contributed by atoms with Crippen LogP contribution in [0, 0.1) is 0 Å². The standard InChI is InChI=1S/C24H31NO5/c1-5-29-22(17-26)16-19-8-12-21(13-9-19)30-15-14-18-6-10-20(11-7-18)25(23(27)28)24(2,3)4/h6-13,17,22H,5,14-16H2,1-4H3,(H,27,28).